The summed E-state index contributed by atoms with van der Waals surface area (Å²) in [5, 5.41) is 12.4. The molecule has 2 N–H and O–H groups in total. The summed E-state index contributed by atoms with van der Waals surface area (Å²) in [4.78, 5) is 22.8. The van der Waals surface area contributed by atoms with Gasteiger partial charge in [0, 0.05) is 24.4 Å². The lowest BCUT2D eigenvalue weighted by atomic mass is 9.98. The second kappa shape index (κ2) is 9.19. The third-order valence-corrected chi connectivity index (χ3v) is 5.25. The maximum Gasteiger partial charge on any atom is 0.407 e. The molecule has 0 saturated carbocycles. The minimum atomic E-state index is -0.475. The van der Waals surface area contributed by atoms with Crippen LogP contribution in [0.5, 0.6) is 5.75 Å². The van der Waals surface area contributed by atoms with E-state index in [1.165, 1.54) is 34.4 Å². The molecular weight excluding hydrogens is 390 g/mol. The van der Waals surface area contributed by atoms with Crippen molar-refractivity contribution in [3.8, 4) is 28.7 Å². The first-order valence-electron chi connectivity index (χ1n) is 10.0. The number of phenols is 1. The van der Waals surface area contributed by atoms with Gasteiger partial charge in [0.2, 0.25) is 0 Å². The number of rotatable bonds is 5. The fourth-order valence-corrected chi connectivity index (χ4v) is 3.76. The number of carbonyl (C=O) groups excluding carboxylic acids is 2. The first-order valence-corrected chi connectivity index (χ1v) is 10.0. The number of benzene rings is 3. The van der Waals surface area contributed by atoms with Crippen LogP contribution < -0.4 is 5.32 Å². The first-order chi connectivity index (χ1) is 15.2. The SMILES string of the molecule is O=Cc1ccc(C#CCCNC(=O)OCC2c3ccccc3-c3ccccc32)cc1O. The van der Waals surface area contributed by atoms with Crippen molar-refractivity contribution in [3.63, 3.8) is 0 Å². The van der Waals surface area contributed by atoms with Crippen molar-refractivity contribution in [2.24, 2.45) is 0 Å². The molecule has 5 heteroatoms. The monoisotopic (exact) mass is 411 g/mol. The molecule has 1 aliphatic rings. The Morgan fingerprint density at radius 2 is 1.71 bits per heavy atom. The van der Waals surface area contributed by atoms with Crippen molar-refractivity contribution in [1.29, 1.82) is 0 Å². The van der Waals surface area contributed by atoms with Crippen LogP contribution >= 0.6 is 0 Å². The van der Waals surface area contributed by atoms with Crippen LogP contribution in [0, 0.1) is 11.8 Å². The Morgan fingerprint density at radius 1 is 1.03 bits per heavy atom. The highest BCUT2D eigenvalue weighted by atomic mass is 16.5. The van der Waals surface area contributed by atoms with Crippen molar-refractivity contribution in [2.45, 2.75) is 12.3 Å². The molecule has 3 aromatic rings. The van der Waals surface area contributed by atoms with Crippen molar-refractivity contribution in [3.05, 3.63) is 89.0 Å². The molecule has 0 aliphatic heterocycles. The van der Waals surface area contributed by atoms with Gasteiger partial charge in [0.25, 0.3) is 0 Å². The highest BCUT2D eigenvalue weighted by molar-refractivity contribution is 5.80. The molecule has 0 saturated heterocycles. The Morgan fingerprint density at radius 3 is 2.35 bits per heavy atom. The number of alkyl carbamates (subject to hydrolysis) is 1. The van der Waals surface area contributed by atoms with Gasteiger partial charge in [-0.15, -0.1) is 0 Å². The highest BCUT2D eigenvalue weighted by Gasteiger charge is 2.28. The summed E-state index contributed by atoms with van der Waals surface area (Å²) in [6.07, 6.45) is 0.544. The highest BCUT2D eigenvalue weighted by Crippen LogP contribution is 2.44. The van der Waals surface area contributed by atoms with E-state index in [0.717, 1.165) is 0 Å². The Balaban J connectivity index is 1.28. The molecule has 1 amide bonds. The van der Waals surface area contributed by atoms with Gasteiger partial charge in [0.15, 0.2) is 6.29 Å². The van der Waals surface area contributed by atoms with E-state index >= 15 is 0 Å². The summed E-state index contributed by atoms with van der Waals surface area (Å²) in [5.41, 5.74) is 5.55. The van der Waals surface area contributed by atoms with Crippen molar-refractivity contribution in [1.82, 2.24) is 5.32 Å². The zero-order chi connectivity index (χ0) is 21.6. The van der Waals surface area contributed by atoms with Gasteiger partial charge in [-0.3, -0.25) is 4.79 Å². The average Bonchev–Trinajstić information content (AvgIpc) is 3.11. The third-order valence-electron chi connectivity index (χ3n) is 5.25. The van der Waals surface area contributed by atoms with E-state index in [0.29, 0.717) is 24.8 Å². The second-order valence-electron chi connectivity index (χ2n) is 7.20. The number of carbonyl (C=O) groups is 2. The molecule has 5 nitrogen and oxygen atoms in total. The number of phenolic OH excluding ortho intramolecular Hbond substituents is 1. The maximum absolute atomic E-state index is 12.1. The van der Waals surface area contributed by atoms with E-state index in [1.54, 1.807) is 6.07 Å². The third kappa shape index (κ3) is 4.44. The number of aromatic hydroxyl groups is 1. The Kier molecular flexibility index (Phi) is 6.00. The number of aldehydes is 1. The summed E-state index contributed by atoms with van der Waals surface area (Å²) >= 11 is 0. The van der Waals surface area contributed by atoms with E-state index in [4.69, 9.17) is 4.74 Å². The number of hydrogen-bond donors (Lipinski definition) is 2. The summed E-state index contributed by atoms with van der Waals surface area (Å²) in [6, 6.07) is 21.0. The summed E-state index contributed by atoms with van der Waals surface area (Å²) in [6.45, 7) is 0.621. The topological polar surface area (TPSA) is 75.6 Å². The standard InChI is InChI=1S/C26H21NO4/c28-16-19-13-12-18(15-25(19)29)7-5-6-14-27-26(30)31-17-24-22-10-3-1-8-20(22)21-9-2-4-11-23(21)24/h1-4,8-13,15-16,24,29H,6,14,17H2,(H,27,30). The van der Waals surface area contributed by atoms with Gasteiger partial charge in [-0.05, 0) is 40.5 Å². The fourth-order valence-electron chi connectivity index (χ4n) is 3.76. The van der Waals surface area contributed by atoms with Crippen molar-refractivity contribution >= 4 is 12.4 Å². The molecule has 0 heterocycles. The predicted molar refractivity (Wildman–Crippen MR) is 118 cm³/mol. The van der Waals surface area contributed by atoms with Crippen LogP contribution in [0.15, 0.2) is 66.7 Å². The summed E-state index contributed by atoms with van der Waals surface area (Å²) in [5.74, 6) is 5.75. The van der Waals surface area contributed by atoms with Gasteiger partial charge in [-0.2, -0.15) is 0 Å². The van der Waals surface area contributed by atoms with Crippen LogP contribution in [0.3, 0.4) is 0 Å². The molecule has 0 atom stereocenters. The van der Waals surface area contributed by atoms with E-state index in [1.807, 2.05) is 24.3 Å². The quantitative estimate of drug-likeness (QED) is 0.369. The minimum absolute atomic E-state index is 0.0277. The zero-order valence-corrected chi connectivity index (χ0v) is 16.8. The molecule has 3 aromatic carbocycles. The van der Waals surface area contributed by atoms with Gasteiger partial charge in [0.1, 0.15) is 12.4 Å². The molecule has 0 aromatic heterocycles. The number of nitrogens with one attached hydrogen (secondary N) is 1. The number of ether oxygens (including phenoxy) is 1. The summed E-state index contributed by atoms with van der Waals surface area (Å²) in [7, 11) is 0. The van der Waals surface area contributed by atoms with Gasteiger partial charge < -0.3 is 15.2 Å². The normalized spacial score (nSPS) is 11.6. The maximum atomic E-state index is 12.1. The van der Waals surface area contributed by atoms with Crippen molar-refractivity contribution < 1.29 is 19.4 Å². The predicted octanol–water partition coefficient (Wildman–Crippen LogP) is 4.49. The van der Waals surface area contributed by atoms with Gasteiger partial charge in [-0.25, -0.2) is 4.79 Å². The Hall–Kier alpha value is -4.04. The minimum Gasteiger partial charge on any atom is -0.507 e. The van der Waals surface area contributed by atoms with Gasteiger partial charge >= 0.3 is 6.09 Å². The molecule has 154 valence electrons. The number of amides is 1. The van der Waals surface area contributed by atoms with Crippen LogP contribution in [-0.2, 0) is 4.74 Å². The lowest BCUT2D eigenvalue weighted by molar-refractivity contribution is 0.112. The zero-order valence-electron chi connectivity index (χ0n) is 16.8. The van der Waals surface area contributed by atoms with Gasteiger partial charge in [-0.1, -0.05) is 60.4 Å². The van der Waals surface area contributed by atoms with Crippen LogP contribution in [0.25, 0.3) is 11.1 Å². The Labute approximate surface area is 180 Å². The fraction of sp³-hybridized carbons (Fsp3) is 0.154. The van der Waals surface area contributed by atoms with E-state index in [-0.39, 0.29) is 23.8 Å². The molecule has 0 spiro atoms. The molecule has 0 fully saturated rings. The molecule has 0 unspecified atom stereocenters. The molecular formula is C26H21NO4. The van der Waals surface area contributed by atoms with Crippen LogP contribution in [0.4, 0.5) is 4.79 Å². The first kappa shape index (κ1) is 20.2. The largest absolute Gasteiger partial charge is 0.507 e. The van der Waals surface area contributed by atoms with Gasteiger partial charge in [0.05, 0.1) is 5.56 Å². The lowest BCUT2D eigenvalue weighted by Gasteiger charge is -2.14. The van der Waals surface area contributed by atoms with Crippen LogP contribution in [0.1, 0.15) is 39.4 Å². The summed E-state index contributed by atoms with van der Waals surface area (Å²) < 4.78 is 5.48. The smallest absolute Gasteiger partial charge is 0.407 e. The molecule has 0 bridgehead atoms. The van der Waals surface area contributed by atoms with E-state index in [2.05, 4.69) is 41.4 Å². The number of hydrogen-bond acceptors (Lipinski definition) is 4. The van der Waals surface area contributed by atoms with E-state index < -0.39 is 6.09 Å². The second-order valence-corrected chi connectivity index (χ2v) is 7.20. The van der Waals surface area contributed by atoms with Crippen LogP contribution in [-0.4, -0.2) is 30.6 Å². The molecule has 4 rings (SSSR count). The van der Waals surface area contributed by atoms with Crippen molar-refractivity contribution in [2.75, 3.05) is 13.2 Å². The molecule has 31 heavy (non-hydrogen) atoms. The Bertz CT molecular complexity index is 1140. The molecule has 1 aliphatic carbocycles. The van der Waals surface area contributed by atoms with Crippen LogP contribution in [0.2, 0.25) is 0 Å². The molecule has 0 radical (unpaired) electrons. The lowest BCUT2D eigenvalue weighted by Crippen LogP contribution is -2.26. The number of fused-ring (bicyclic) bond motifs is 3. The average molecular weight is 411 g/mol. The van der Waals surface area contributed by atoms with E-state index in [9.17, 15) is 14.7 Å².